The van der Waals surface area contributed by atoms with E-state index in [0.717, 1.165) is 48.1 Å². The van der Waals surface area contributed by atoms with Gasteiger partial charge in [-0.15, -0.1) is 0 Å². The van der Waals surface area contributed by atoms with Crippen LogP contribution < -0.4 is 15.4 Å². The van der Waals surface area contributed by atoms with Crippen LogP contribution in [0.3, 0.4) is 0 Å². The lowest BCUT2D eigenvalue weighted by atomic mass is 9.79. The topological polar surface area (TPSA) is 50.4 Å². The molecular weight excluding hydrogens is 300 g/mol. The van der Waals surface area contributed by atoms with Gasteiger partial charge in [-0.25, -0.2) is 4.79 Å². The molecule has 5 heteroatoms. The molecule has 1 aromatic carbocycles. The van der Waals surface area contributed by atoms with Crippen molar-refractivity contribution in [1.29, 1.82) is 0 Å². The van der Waals surface area contributed by atoms with E-state index in [1.807, 2.05) is 18.2 Å². The fraction of sp³-hybridized carbons (Fsp3) is 0.588. The molecule has 2 aliphatic carbocycles. The highest BCUT2D eigenvalue weighted by Crippen LogP contribution is 2.42. The molecule has 1 saturated heterocycles. The summed E-state index contributed by atoms with van der Waals surface area (Å²) in [5, 5.41) is 6.80. The Morgan fingerprint density at radius 1 is 1.14 bits per heavy atom. The van der Waals surface area contributed by atoms with E-state index >= 15 is 0 Å². The van der Waals surface area contributed by atoms with Gasteiger partial charge in [0.05, 0.1) is 18.7 Å². The molecule has 3 atom stereocenters. The van der Waals surface area contributed by atoms with Crippen molar-refractivity contribution in [3.05, 3.63) is 28.8 Å². The zero-order valence-corrected chi connectivity index (χ0v) is 13.2. The number of halogens is 1. The van der Waals surface area contributed by atoms with Gasteiger partial charge in [0.25, 0.3) is 0 Å². The molecule has 0 radical (unpaired) electrons. The number of nitrogens with one attached hydrogen (secondary N) is 2. The first-order valence-electron chi connectivity index (χ1n) is 8.19. The highest BCUT2D eigenvalue weighted by Gasteiger charge is 2.38. The van der Waals surface area contributed by atoms with Crippen LogP contribution in [0.5, 0.6) is 5.75 Å². The third-order valence-corrected chi connectivity index (χ3v) is 5.41. The van der Waals surface area contributed by atoms with Crippen LogP contribution in [0.4, 0.5) is 4.79 Å². The number of ether oxygens (including phenoxy) is 1. The van der Waals surface area contributed by atoms with Crippen LogP contribution in [0.1, 0.15) is 43.6 Å². The first-order chi connectivity index (χ1) is 10.7. The third kappa shape index (κ3) is 2.76. The van der Waals surface area contributed by atoms with E-state index in [1.54, 1.807) is 0 Å². The molecule has 0 spiro atoms. The second-order valence-electron chi connectivity index (χ2n) is 6.75. The van der Waals surface area contributed by atoms with Crippen LogP contribution in [-0.2, 0) is 0 Å². The van der Waals surface area contributed by atoms with E-state index in [2.05, 4.69) is 10.6 Å². The van der Waals surface area contributed by atoms with Gasteiger partial charge in [0.1, 0.15) is 5.75 Å². The predicted molar refractivity (Wildman–Crippen MR) is 85.5 cm³/mol. The number of carbonyl (C=O) groups is 1. The second kappa shape index (κ2) is 5.65. The summed E-state index contributed by atoms with van der Waals surface area (Å²) in [6.45, 7) is 0.796. The van der Waals surface area contributed by atoms with Crippen LogP contribution in [0.25, 0.3) is 0 Å². The van der Waals surface area contributed by atoms with E-state index in [0.29, 0.717) is 5.92 Å². The lowest BCUT2D eigenvalue weighted by Gasteiger charge is -2.32. The number of carbonyl (C=O) groups excluding carboxylic acids is 1. The minimum Gasteiger partial charge on any atom is -0.493 e. The van der Waals surface area contributed by atoms with Gasteiger partial charge >= 0.3 is 6.03 Å². The summed E-state index contributed by atoms with van der Waals surface area (Å²) in [6.07, 6.45) is 5.50. The molecule has 0 aromatic heterocycles. The summed E-state index contributed by atoms with van der Waals surface area (Å²) >= 11 is 6.48. The van der Waals surface area contributed by atoms with Crippen LogP contribution in [0.2, 0.25) is 5.02 Å². The number of rotatable bonds is 4. The van der Waals surface area contributed by atoms with Crippen molar-refractivity contribution in [3.8, 4) is 5.75 Å². The van der Waals surface area contributed by atoms with E-state index in [-0.39, 0.29) is 18.1 Å². The van der Waals surface area contributed by atoms with Crippen LogP contribution in [-0.4, -0.2) is 24.7 Å². The molecular formula is C17H21ClN2O2. The maximum atomic E-state index is 11.5. The van der Waals surface area contributed by atoms with Gasteiger partial charge in [-0.3, -0.25) is 0 Å². The fourth-order valence-electron chi connectivity index (χ4n) is 3.67. The number of hydrogen-bond donors (Lipinski definition) is 2. The quantitative estimate of drug-likeness (QED) is 0.892. The minimum absolute atomic E-state index is 0.0417. The molecule has 3 unspecified atom stereocenters. The van der Waals surface area contributed by atoms with Gasteiger partial charge in [0.15, 0.2) is 0 Å². The molecule has 22 heavy (non-hydrogen) atoms. The lowest BCUT2D eigenvalue weighted by Crippen LogP contribution is -2.39. The molecule has 2 amide bonds. The minimum atomic E-state index is -0.0417. The molecule has 2 N–H and O–H groups in total. The van der Waals surface area contributed by atoms with E-state index in [9.17, 15) is 4.79 Å². The van der Waals surface area contributed by atoms with Crippen molar-refractivity contribution in [2.45, 2.75) is 50.1 Å². The Labute approximate surface area is 135 Å². The van der Waals surface area contributed by atoms with Crippen LogP contribution >= 0.6 is 11.6 Å². The zero-order chi connectivity index (χ0) is 15.1. The summed E-state index contributed by atoms with van der Waals surface area (Å²) < 4.78 is 6.04. The van der Waals surface area contributed by atoms with E-state index < -0.39 is 0 Å². The Balaban J connectivity index is 1.54. The molecule has 3 fully saturated rings. The molecule has 1 aliphatic heterocycles. The number of amides is 2. The van der Waals surface area contributed by atoms with Gasteiger partial charge in [0.2, 0.25) is 0 Å². The smallest absolute Gasteiger partial charge is 0.315 e. The van der Waals surface area contributed by atoms with Crippen molar-refractivity contribution in [1.82, 2.24) is 10.6 Å². The first kappa shape index (κ1) is 14.2. The molecule has 2 saturated carbocycles. The largest absolute Gasteiger partial charge is 0.493 e. The Morgan fingerprint density at radius 2 is 1.95 bits per heavy atom. The zero-order valence-electron chi connectivity index (χ0n) is 12.5. The Morgan fingerprint density at radius 3 is 2.77 bits per heavy atom. The molecule has 4 rings (SSSR count). The van der Waals surface area contributed by atoms with E-state index in [4.69, 9.17) is 16.3 Å². The van der Waals surface area contributed by atoms with Crippen LogP contribution in [0.15, 0.2) is 18.2 Å². The first-order valence-corrected chi connectivity index (χ1v) is 8.56. The molecule has 1 aromatic rings. The summed E-state index contributed by atoms with van der Waals surface area (Å²) in [7, 11) is 0. The number of hydrogen-bond acceptors (Lipinski definition) is 2. The maximum absolute atomic E-state index is 11.5. The number of benzene rings is 1. The average molecular weight is 321 g/mol. The van der Waals surface area contributed by atoms with Crippen molar-refractivity contribution in [2.24, 2.45) is 5.92 Å². The molecule has 118 valence electrons. The number of urea groups is 1. The van der Waals surface area contributed by atoms with Crippen molar-refractivity contribution >= 4 is 17.6 Å². The second-order valence-corrected chi connectivity index (χ2v) is 7.15. The highest BCUT2D eigenvalue weighted by molar-refractivity contribution is 6.31. The summed E-state index contributed by atoms with van der Waals surface area (Å²) in [4.78, 5) is 11.5. The Bertz CT molecular complexity index is 588. The van der Waals surface area contributed by atoms with Crippen molar-refractivity contribution < 1.29 is 9.53 Å². The number of fused-ring (bicyclic) bond motifs is 1. The Hall–Kier alpha value is -1.42. The SMILES string of the molecule is O=C1NC2CCC(c3c(Cl)cccc3OCC3CC3)CC2N1. The summed E-state index contributed by atoms with van der Waals surface area (Å²) in [5.74, 6) is 2.00. The lowest BCUT2D eigenvalue weighted by molar-refractivity contribution is 0.247. The monoisotopic (exact) mass is 320 g/mol. The van der Waals surface area contributed by atoms with Crippen molar-refractivity contribution in [3.63, 3.8) is 0 Å². The van der Waals surface area contributed by atoms with Gasteiger partial charge in [0, 0.05) is 10.6 Å². The molecule has 4 nitrogen and oxygen atoms in total. The van der Waals surface area contributed by atoms with Crippen molar-refractivity contribution in [2.75, 3.05) is 6.61 Å². The van der Waals surface area contributed by atoms with E-state index in [1.165, 1.54) is 12.8 Å². The molecule has 3 aliphatic rings. The summed E-state index contributed by atoms with van der Waals surface area (Å²) in [5.41, 5.74) is 1.13. The van der Waals surface area contributed by atoms with Gasteiger partial charge in [-0.1, -0.05) is 17.7 Å². The van der Waals surface area contributed by atoms with Gasteiger partial charge in [-0.2, -0.15) is 0 Å². The normalized spacial score (nSPS) is 30.4. The standard InChI is InChI=1S/C17H21ClN2O2/c18-12-2-1-3-15(22-9-10-4-5-10)16(12)11-6-7-13-14(8-11)20-17(21)19-13/h1-3,10-11,13-14H,4-9H2,(H2,19,20,21). The predicted octanol–water partition coefficient (Wildman–Crippen LogP) is 3.45. The van der Waals surface area contributed by atoms with Crippen LogP contribution in [0, 0.1) is 5.92 Å². The fourth-order valence-corrected chi connectivity index (χ4v) is 4.00. The summed E-state index contributed by atoms with van der Waals surface area (Å²) in [6, 6.07) is 6.36. The molecule has 0 bridgehead atoms. The maximum Gasteiger partial charge on any atom is 0.315 e. The van der Waals surface area contributed by atoms with Gasteiger partial charge < -0.3 is 15.4 Å². The third-order valence-electron chi connectivity index (χ3n) is 5.08. The highest BCUT2D eigenvalue weighted by atomic mass is 35.5. The van der Waals surface area contributed by atoms with Gasteiger partial charge in [-0.05, 0) is 56.1 Å². The Kier molecular flexibility index (Phi) is 3.65. The average Bonchev–Trinajstić information content (AvgIpc) is 3.25. The molecule has 1 heterocycles.